The molecule has 0 aliphatic carbocycles. The quantitative estimate of drug-likeness (QED) is 0.622. The van der Waals surface area contributed by atoms with Crippen LogP contribution in [0.2, 0.25) is 5.02 Å². The number of benzene rings is 2. The summed E-state index contributed by atoms with van der Waals surface area (Å²) < 4.78 is 11.4. The van der Waals surface area contributed by atoms with Crippen LogP contribution in [0.25, 0.3) is 0 Å². The second kappa shape index (κ2) is 10.2. The predicted molar refractivity (Wildman–Crippen MR) is 100 cm³/mol. The Morgan fingerprint density at radius 3 is 2.46 bits per heavy atom. The van der Waals surface area contributed by atoms with Crippen LogP contribution in [0.4, 0.5) is 0 Å². The molecule has 0 heterocycles. The molecule has 0 saturated heterocycles. The summed E-state index contributed by atoms with van der Waals surface area (Å²) in [7, 11) is 0. The van der Waals surface area contributed by atoms with Gasteiger partial charge in [-0.15, -0.1) is 0 Å². The highest BCUT2D eigenvalue weighted by Gasteiger charge is 2.11. The van der Waals surface area contributed by atoms with Gasteiger partial charge in [0.2, 0.25) is 0 Å². The molecule has 0 aliphatic rings. The molecule has 24 heavy (non-hydrogen) atoms. The SMILES string of the molecule is CCCOc1cc(Cl)c(CNCCc2ccccc2)cc1OCC. The molecule has 0 spiro atoms. The van der Waals surface area contributed by atoms with E-state index >= 15 is 0 Å². The Hall–Kier alpha value is -1.71. The van der Waals surface area contributed by atoms with E-state index in [1.807, 2.05) is 25.1 Å². The van der Waals surface area contributed by atoms with Gasteiger partial charge in [0.1, 0.15) is 0 Å². The summed E-state index contributed by atoms with van der Waals surface area (Å²) in [5, 5.41) is 4.15. The molecule has 0 fully saturated rings. The molecule has 1 N–H and O–H groups in total. The predicted octanol–water partition coefficient (Wildman–Crippen LogP) is 4.86. The molecular weight excluding hydrogens is 322 g/mol. The Morgan fingerprint density at radius 1 is 1.00 bits per heavy atom. The van der Waals surface area contributed by atoms with Gasteiger partial charge in [-0.2, -0.15) is 0 Å². The topological polar surface area (TPSA) is 30.5 Å². The van der Waals surface area contributed by atoms with Crippen molar-refractivity contribution in [1.29, 1.82) is 0 Å². The van der Waals surface area contributed by atoms with Crippen LogP contribution in [0.15, 0.2) is 42.5 Å². The maximum Gasteiger partial charge on any atom is 0.162 e. The van der Waals surface area contributed by atoms with E-state index in [2.05, 4.69) is 36.5 Å². The van der Waals surface area contributed by atoms with Crippen LogP contribution in [0.5, 0.6) is 11.5 Å². The lowest BCUT2D eigenvalue weighted by atomic mass is 10.1. The second-order valence-corrected chi connectivity index (χ2v) is 5.99. The van der Waals surface area contributed by atoms with Crippen molar-refractivity contribution in [3.05, 3.63) is 58.6 Å². The summed E-state index contributed by atoms with van der Waals surface area (Å²) in [5.41, 5.74) is 2.35. The van der Waals surface area contributed by atoms with E-state index in [9.17, 15) is 0 Å². The van der Waals surface area contributed by atoms with Gasteiger partial charge in [0.05, 0.1) is 13.2 Å². The third-order valence-corrected chi connectivity index (χ3v) is 3.97. The van der Waals surface area contributed by atoms with Crippen molar-refractivity contribution >= 4 is 11.6 Å². The van der Waals surface area contributed by atoms with Crippen LogP contribution in [0.1, 0.15) is 31.4 Å². The van der Waals surface area contributed by atoms with Crippen molar-refractivity contribution in [2.45, 2.75) is 33.2 Å². The van der Waals surface area contributed by atoms with Crippen molar-refractivity contribution < 1.29 is 9.47 Å². The number of halogens is 1. The standard InChI is InChI=1S/C20H26ClNO2/c1-3-12-24-20-14-18(21)17(13-19(20)23-4-2)15-22-11-10-16-8-6-5-7-9-16/h5-9,13-14,22H,3-4,10-12,15H2,1-2H3. The smallest absolute Gasteiger partial charge is 0.162 e. The minimum Gasteiger partial charge on any atom is -0.490 e. The zero-order valence-corrected chi connectivity index (χ0v) is 15.2. The molecular formula is C20H26ClNO2. The number of nitrogens with one attached hydrogen (secondary N) is 1. The molecule has 0 aromatic heterocycles. The average Bonchev–Trinajstić information content (AvgIpc) is 2.60. The van der Waals surface area contributed by atoms with Crippen LogP contribution in [-0.4, -0.2) is 19.8 Å². The van der Waals surface area contributed by atoms with Crippen molar-refractivity contribution in [2.24, 2.45) is 0 Å². The highest BCUT2D eigenvalue weighted by molar-refractivity contribution is 6.31. The van der Waals surface area contributed by atoms with Crippen molar-refractivity contribution in [2.75, 3.05) is 19.8 Å². The zero-order chi connectivity index (χ0) is 17.2. The van der Waals surface area contributed by atoms with E-state index in [4.69, 9.17) is 21.1 Å². The molecule has 0 amide bonds. The summed E-state index contributed by atoms with van der Waals surface area (Å²) in [4.78, 5) is 0. The lowest BCUT2D eigenvalue weighted by Crippen LogP contribution is -2.17. The van der Waals surface area contributed by atoms with Gasteiger partial charge in [-0.1, -0.05) is 48.9 Å². The summed E-state index contributed by atoms with van der Waals surface area (Å²) in [6.07, 6.45) is 1.94. The van der Waals surface area contributed by atoms with E-state index in [1.165, 1.54) is 5.56 Å². The van der Waals surface area contributed by atoms with Crippen molar-refractivity contribution in [1.82, 2.24) is 5.32 Å². The molecule has 0 aliphatic heterocycles. The van der Waals surface area contributed by atoms with Crippen LogP contribution in [0, 0.1) is 0 Å². The number of ether oxygens (including phenoxy) is 2. The first-order valence-corrected chi connectivity index (χ1v) is 8.95. The normalized spacial score (nSPS) is 10.6. The van der Waals surface area contributed by atoms with Gasteiger partial charge in [0.15, 0.2) is 11.5 Å². The van der Waals surface area contributed by atoms with Crippen LogP contribution in [0.3, 0.4) is 0 Å². The lowest BCUT2D eigenvalue weighted by Gasteiger charge is -2.15. The van der Waals surface area contributed by atoms with Gasteiger partial charge < -0.3 is 14.8 Å². The Morgan fingerprint density at radius 2 is 1.75 bits per heavy atom. The Balaban J connectivity index is 1.94. The van der Waals surface area contributed by atoms with Crippen molar-refractivity contribution in [3.63, 3.8) is 0 Å². The lowest BCUT2D eigenvalue weighted by molar-refractivity contribution is 0.276. The fourth-order valence-corrected chi connectivity index (χ4v) is 2.63. The van der Waals surface area contributed by atoms with E-state index in [-0.39, 0.29) is 0 Å². The average molecular weight is 348 g/mol. The van der Waals surface area contributed by atoms with E-state index < -0.39 is 0 Å². The van der Waals surface area contributed by atoms with E-state index in [1.54, 1.807) is 0 Å². The van der Waals surface area contributed by atoms with Crippen molar-refractivity contribution in [3.8, 4) is 11.5 Å². The summed E-state index contributed by atoms with van der Waals surface area (Å²) in [5.74, 6) is 1.48. The van der Waals surface area contributed by atoms with Gasteiger partial charge >= 0.3 is 0 Å². The Labute approximate surface area is 149 Å². The molecule has 0 atom stereocenters. The van der Waals surface area contributed by atoms with Gasteiger partial charge in [-0.3, -0.25) is 0 Å². The van der Waals surface area contributed by atoms with Gasteiger partial charge in [0.25, 0.3) is 0 Å². The summed E-state index contributed by atoms with van der Waals surface area (Å²) in [6, 6.07) is 14.3. The first-order valence-electron chi connectivity index (χ1n) is 8.57. The molecule has 0 radical (unpaired) electrons. The van der Waals surface area contributed by atoms with Crippen LogP contribution in [-0.2, 0) is 13.0 Å². The van der Waals surface area contributed by atoms with Crippen LogP contribution < -0.4 is 14.8 Å². The van der Waals surface area contributed by atoms with E-state index in [0.29, 0.717) is 24.8 Å². The number of hydrogen-bond acceptors (Lipinski definition) is 3. The molecule has 4 heteroatoms. The molecule has 2 aromatic rings. The molecule has 0 unspecified atom stereocenters. The fraction of sp³-hybridized carbons (Fsp3) is 0.400. The molecule has 2 rings (SSSR count). The minimum atomic E-state index is 0.602. The van der Waals surface area contributed by atoms with Gasteiger partial charge in [-0.05, 0) is 43.5 Å². The fourth-order valence-electron chi connectivity index (χ4n) is 2.41. The first kappa shape index (κ1) is 18.6. The first-order chi connectivity index (χ1) is 11.7. The van der Waals surface area contributed by atoms with Crippen LogP contribution >= 0.6 is 11.6 Å². The highest BCUT2D eigenvalue weighted by atomic mass is 35.5. The van der Waals surface area contributed by atoms with Gasteiger partial charge in [-0.25, -0.2) is 0 Å². The molecule has 130 valence electrons. The molecule has 0 saturated carbocycles. The molecule has 3 nitrogen and oxygen atoms in total. The number of rotatable bonds is 10. The number of hydrogen-bond donors (Lipinski definition) is 1. The van der Waals surface area contributed by atoms with Gasteiger partial charge in [0, 0.05) is 17.6 Å². The third kappa shape index (κ3) is 5.73. The second-order valence-electron chi connectivity index (χ2n) is 5.58. The third-order valence-electron chi connectivity index (χ3n) is 3.62. The zero-order valence-electron chi connectivity index (χ0n) is 14.5. The summed E-state index contributed by atoms with van der Waals surface area (Å²) in [6.45, 7) is 6.91. The maximum absolute atomic E-state index is 6.40. The largest absolute Gasteiger partial charge is 0.490 e. The minimum absolute atomic E-state index is 0.602. The van der Waals surface area contributed by atoms with E-state index in [0.717, 1.165) is 36.4 Å². The Kier molecular flexibility index (Phi) is 7.93. The maximum atomic E-state index is 6.40. The highest BCUT2D eigenvalue weighted by Crippen LogP contribution is 2.33. The molecule has 0 bridgehead atoms. The molecule has 2 aromatic carbocycles. The monoisotopic (exact) mass is 347 g/mol. The Bertz CT molecular complexity index is 617. The summed E-state index contributed by atoms with van der Waals surface area (Å²) >= 11 is 6.40.